The zero-order chi connectivity index (χ0) is 36.5. The Morgan fingerprint density at radius 1 is 1.22 bits per heavy atom. The monoisotopic (exact) mass is 712 g/mol. The SMILES string of the molecule is CCC1[C@@H](Oc2ncc(OC)c3c(Cl)cccc23)CN2C(=O)[C@@H](NC(=O)OC(C)(C)C)[C@H](C)CC(C)CCC=C[C@@H]3C[C@@]3(C(=O)O)NC(=O)[C@H]12. The number of aliphatic carboxylic acids is 1. The maximum absolute atomic E-state index is 14.8. The quantitative estimate of drug-likeness (QED) is 0.318. The molecule has 3 aliphatic rings. The van der Waals surface area contributed by atoms with Crippen LogP contribution in [0.1, 0.15) is 73.6 Å². The summed E-state index contributed by atoms with van der Waals surface area (Å²) in [5.41, 5.74) is -2.28. The van der Waals surface area contributed by atoms with E-state index in [2.05, 4.69) is 22.5 Å². The molecule has 1 aromatic carbocycles. The number of carbonyl (C=O) groups excluding carboxylic acids is 3. The predicted molar refractivity (Wildman–Crippen MR) is 188 cm³/mol. The summed E-state index contributed by atoms with van der Waals surface area (Å²) in [7, 11) is 1.52. The molecule has 3 N–H and O–H groups in total. The second-order valence-electron chi connectivity index (χ2n) is 15.0. The molecule has 13 heteroatoms. The van der Waals surface area contributed by atoms with E-state index in [1.807, 2.05) is 26.0 Å². The molecule has 2 fully saturated rings. The first kappa shape index (κ1) is 37.2. The van der Waals surface area contributed by atoms with Gasteiger partial charge in [0.1, 0.15) is 35.1 Å². The second-order valence-corrected chi connectivity index (χ2v) is 15.4. The molecule has 3 amide bonds. The van der Waals surface area contributed by atoms with Gasteiger partial charge in [0.15, 0.2) is 0 Å². The number of benzene rings is 1. The van der Waals surface area contributed by atoms with Gasteiger partial charge in [0.05, 0.1) is 24.9 Å². The Bertz CT molecular complexity index is 1660. The Hall–Kier alpha value is -4.06. The Morgan fingerprint density at radius 3 is 2.62 bits per heavy atom. The van der Waals surface area contributed by atoms with Crippen LogP contribution in [0.25, 0.3) is 10.8 Å². The normalized spacial score (nSPS) is 30.3. The zero-order valence-corrected chi connectivity index (χ0v) is 30.6. The number of methoxy groups -OCH3 is 1. The molecule has 12 nitrogen and oxygen atoms in total. The molecule has 0 radical (unpaired) electrons. The maximum Gasteiger partial charge on any atom is 0.408 e. The lowest BCUT2D eigenvalue weighted by Gasteiger charge is -2.34. The summed E-state index contributed by atoms with van der Waals surface area (Å²) >= 11 is 6.56. The minimum atomic E-state index is -1.47. The molecule has 0 bridgehead atoms. The van der Waals surface area contributed by atoms with Crippen molar-refractivity contribution in [3.8, 4) is 11.6 Å². The molecule has 1 aromatic heterocycles. The Morgan fingerprint density at radius 2 is 1.96 bits per heavy atom. The van der Waals surface area contributed by atoms with Crippen LogP contribution in [0, 0.1) is 23.7 Å². The average molecular weight is 713 g/mol. The molecule has 3 heterocycles. The van der Waals surface area contributed by atoms with Gasteiger partial charge in [-0.3, -0.25) is 9.59 Å². The first-order valence-electron chi connectivity index (χ1n) is 17.4. The third-order valence-corrected chi connectivity index (χ3v) is 10.4. The van der Waals surface area contributed by atoms with Crippen molar-refractivity contribution in [3.05, 3.63) is 41.6 Å². The largest absolute Gasteiger partial charge is 0.494 e. The van der Waals surface area contributed by atoms with E-state index in [0.717, 1.165) is 12.8 Å². The molecule has 2 unspecified atom stereocenters. The number of amides is 3. The van der Waals surface area contributed by atoms with Gasteiger partial charge < -0.3 is 34.9 Å². The van der Waals surface area contributed by atoms with Crippen LogP contribution in [0.15, 0.2) is 36.5 Å². The number of ether oxygens (including phenoxy) is 3. The van der Waals surface area contributed by atoms with Crippen molar-refractivity contribution in [2.45, 2.75) is 103 Å². The summed E-state index contributed by atoms with van der Waals surface area (Å²) in [6.45, 7) is 11.1. The van der Waals surface area contributed by atoms with Crippen molar-refractivity contribution < 1.29 is 38.5 Å². The highest BCUT2D eigenvalue weighted by Gasteiger charge is 2.62. The number of carboxylic acid groups (broad SMARTS) is 1. The van der Waals surface area contributed by atoms with Gasteiger partial charge in [0.2, 0.25) is 17.7 Å². The molecular formula is C37H49ClN4O8. The highest BCUT2D eigenvalue weighted by Crippen LogP contribution is 2.46. The lowest BCUT2D eigenvalue weighted by atomic mass is 9.87. The number of nitrogens with zero attached hydrogens (tertiary/aromatic N) is 2. The fraction of sp³-hybridized carbons (Fsp3) is 0.595. The number of allylic oxidation sites excluding steroid dienone is 1. The highest BCUT2D eigenvalue weighted by molar-refractivity contribution is 6.36. The minimum absolute atomic E-state index is 0.0105. The van der Waals surface area contributed by atoms with Crippen molar-refractivity contribution in [2.24, 2.45) is 23.7 Å². The van der Waals surface area contributed by atoms with E-state index in [1.54, 1.807) is 39.0 Å². The average Bonchev–Trinajstić information content (AvgIpc) is 3.62. The topological polar surface area (TPSA) is 156 Å². The first-order chi connectivity index (χ1) is 23.6. The second kappa shape index (κ2) is 14.7. The van der Waals surface area contributed by atoms with Gasteiger partial charge in [0, 0.05) is 22.6 Å². The summed E-state index contributed by atoms with van der Waals surface area (Å²) in [5.74, 6) is -2.53. The summed E-state index contributed by atoms with van der Waals surface area (Å²) in [6, 6.07) is 3.19. The van der Waals surface area contributed by atoms with Crippen LogP contribution in [0.2, 0.25) is 5.02 Å². The zero-order valence-electron chi connectivity index (χ0n) is 29.8. The summed E-state index contributed by atoms with van der Waals surface area (Å²) in [6.07, 6.45) is 6.72. The number of carbonyl (C=O) groups is 4. The Balaban J connectivity index is 1.57. The molecule has 0 spiro atoms. The number of rotatable bonds is 6. The summed E-state index contributed by atoms with van der Waals surface area (Å²) in [5, 5.41) is 17.6. The van der Waals surface area contributed by atoms with Crippen LogP contribution in [0.3, 0.4) is 0 Å². The number of aromatic nitrogens is 1. The van der Waals surface area contributed by atoms with Gasteiger partial charge in [-0.25, -0.2) is 14.6 Å². The van der Waals surface area contributed by atoms with Gasteiger partial charge in [-0.1, -0.05) is 50.6 Å². The van der Waals surface area contributed by atoms with Gasteiger partial charge >= 0.3 is 12.1 Å². The van der Waals surface area contributed by atoms with Crippen LogP contribution < -0.4 is 20.1 Å². The van der Waals surface area contributed by atoms with E-state index in [-0.39, 0.29) is 36.6 Å². The van der Waals surface area contributed by atoms with E-state index in [1.165, 1.54) is 18.2 Å². The third-order valence-electron chi connectivity index (χ3n) is 10.1. The van der Waals surface area contributed by atoms with Crippen LogP contribution in [0.5, 0.6) is 11.6 Å². The Labute approximate surface area is 298 Å². The number of carboxylic acids is 1. The van der Waals surface area contributed by atoms with Crippen LogP contribution in [0.4, 0.5) is 4.79 Å². The standard InChI is InChI=1S/C37H49ClN4O8/c1-8-23-27(49-32-24-14-11-15-25(38)28(24)26(48-7)18-39-32)19-42-30(23)31(43)41-37(34(45)46)17-22(37)13-10-9-12-20(2)16-21(3)29(33(42)44)40-35(47)50-36(4,5)6/h10-11,13-15,18,20-23,27,29-30H,8-9,12,16-17,19H2,1-7H3,(H,40,47)(H,41,43)(H,45,46)/t20?,21-,22-,23?,27+,29+,30+,37-/m1/s1. The summed E-state index contributed by atoms with van der Waals surface area (Å²) in [4.78, 5) is 60.9. The molecule has 2 aromatic rings. The molecular weight excluding hydrogens is 664 g/mol. The summed E-state index contributed by atoms with van der Waals surface area (Å²) < 4.78 is 17.7. The predicted octanol–water partition coefficient (Wildman–Crippen LogP) is 5.75. The number of hydrogen-bond donors (Lipinski definition) is 3. The molecule has 5 rings (SSSR count). The number of hydrogen-bond acceptors (Lipinski definition) is 8. The highest BCUT2D eigenvalue weighted by atomic mass is 35.5. The van der Waals surface area contributed by atoms with Crippen molar-refractivity contribution >= 4 is 46.3 Å². The van der Waals surface area contributed by atoms with Crippen molar-refractivity contribution in [1.29, 1.82) is 0 Å². The first-order valence-corrected chi connectivity index (χ1v) is 17.8. The number of alkyl carbamates (subject to hydrolysis) is 1. The lowest BCUT2D eigenvalue weighted by Crippen LogP contribution is -2.59. The van der Waals surface area contributed by atoms with Gasteiger partial charge in [-0.05, 0) is 76.8 Å². The Kier molecular flexibility index (Phi) is 10.9. The van der Waals surface area contributed by atoms with Crippen LogP contribution in [-0.4, -0.2) is 81.8 Å². The van der Waals surface area contributed by atoms with Gasteiger partial charge in [-0.2, -0.15) is 0 Å². The molecule has 1 saturated carbocycles. The van der Waals surface area contributed by atoms with Crippen LogP contribution in [-0.2, 0) is 19.1 Å². The fourth-order valence-electron chi connectivity index (χ4n) is 7.49. The molecule has 2 aliphatic heterocycles. The number of nitrogens with one attached hydrogen (secondary N) is 2. The number of pyridine rings is 1. The number of halogens is 1. The third kappa shape index (κ3) is 7.65. The van der Waals surface area contributed by atoms with E-state index in [9.17, 15) is 24.3 Å². The molecule has 8 atom stereocenters. The molecule has 272 valence electrons. The van der Waals surface area contributed by atoms with E-state index in [0.29, 0.717) is 34.4 Å². The minimum Gasteiger partial charge on any atom is -0.494 e. The van der Waals surface area contributed by atoms with E-state index in [4.69, 9.17) is 25.8 Å². The number of fused-ring (bicyclic) bond motifs is 3. The molecule has 1 saturated heterocycles. The van der Waals surface area contributed by atoms with Gasteiger partial charge in [0.25, 0.3) is 0 Å². The van der Waals surface area contributed by atoms with Crippen molar-refractivity contribution in [2.75, 3.05) is 13.7 Å². The lowest BCUT2D eigenvalue weighted by molar-refractivity contribution is -0.146. The van der Waals surface area contributed by atoms with Crippen LogP contribution >= 0.6 is 11.6 Å². The van der Waals surface area contributed by atoms with E-state index >= 15 is 0 Å². The smallest absolute Gasteiger partial charge is 0.408 e. The van der Waals surface area contributed by atoms with Crippen molar-refractivity contribution in [1.82, 2.24) is 20.5 Å². The molecule has 1 aliphatic carbocycles. The fourth-order valence-corrected chi connectivity index (χ4v) is 7.76. The van der Waals surface area contributed by atoms with Gasteiger partial charge in [-0.15, -0.1) is 0 Å². The van der Waals surface area contributed by atoms with E-state index < -0.39 is 59.1 Å². The molecule has 50 heavy (non-hydrogen) atoms. The van der Waals surface area contributed by atoms with Crippen molar-refractivity contribution in [3.63, 3.8) is 0 Å². The maximum atomic E-state index is 14.8.